The second-order valence-electron chi connectivity index (χ2n) is 2.76. The summed E-state index contributed by atoms with van der Waals surface area (Å²) >= 11 is 14.8. The van der Waals surface area contributed by atoms with E-state index in [0.29, 0.717) is 10.0 Å². The number of rotatable bonds is 2. The largest absolute Gasteiger partial charge is 0.369 e. The Balaban J connectivity index is 3.27. The number of carbonyl (C=O) groups excluding carboxylic acids is 1. The quantitative estimate of drug-likeness (QED) is 0.853. The molecule has 76 valence electrons. The lowest BCUT2D eigenvalue weighted by Crippen LogP contribution is -2.19. The molecular weight excluding hydrogens is 291 g/mol. The zero-order chi connectivity index (χ0) is 10.9. The molecule has 0 fully saturated rings. The van der Waals surface area contributed by atoms with E-state index in [4.69, 9.17) is 28.9 Å². The van der Waals surface area contributed by atoms with Crippen LogP contribution in [0.2, 0.25) is 10.3 Å². The van der Waals surface area contributed by atoms with Crippen LogP contribution < -0.4 is 5.73 Å². The van der Waals surface area contributed by atoms with Crippen LogP contribution in [-0.4, -0.2) is 10.9 Å². The van der Waals surface area contributed by atoms with Gasteiger partial charge in [0, 0.05) is 10.0 Å². The van der Waals surface area contributed by atoms with E-state index < -0.39 is 11.8 Å². The number of amides is 1. The Bertz CT molecular complexity index is 361. The van der Waals surface area contributed by atoms with Crippen LogP contribution in [-0.2, 0) is 4.79 Å². The zero-order valence-corrected chi connectivity index (χ0v) is 10.3. The van der Waals surface area contributed by atoms with Crippen molar-refractivity contribution in [2.45, 2.75) is 12.8 Å². The van der Waals surface area contributed by atoms with Gasteiger partial charge in [0.15, 0.2) is 0 Å². The van der Waals surface area contributed by atoms with Gasteiger partial charge in [-0.05, 0) is 13.0 Å². The highest BCUT2D eigenvalue weighted by Gasteiger charge is 2.19. The molecule has 0 aliphatic rings. The van der Waals surface area contributed by atoms with Crippen molar-refractivity contribution < 1.29 is 4.79 Å². The number of pyridine rings is 1. The van der Waals surface area contributed by atoms with Gasteiger partial charge >= 0.3 is 0 Å². The van der Waals surface area contributed by atoms with Crippen LogP contribution in [0.5, 0.6) is 0 Å². The van der Waals surface area contributed by atoms with Crippen molar-refractivity contribution in [3.63, 3.8) is 0 Å². The standard InChI is InChI=1S/C8H7BrCl2N2O/c1-3(8(12)14)6-4(9)2-5(10)13-7(6)11/h2-3H,1H3,(H2,12,14). The molecule has 1 amide bonds. The summed E-state index contributed by atoms with van der Waals surface area (Å²) in [6, 6.07) is 1.57. The van der Waals surface area contributed by atoms with Gasteiger partial charge in [-0.3, -0.25) is 4.79 Å². The lowest BCUT2D eigenvalue weighted by atomic mass is 10.0. The molecule has 0 radical (unpaired) electrons. The molecule has 1 atom stereocenters. The molecule has 0 aliphatic carbocycles. The average Bonchev–Trinajstić information content (AvgIpc) is 2.01. The second kappa shape index (κ2) is 4.47. The van der Waals surface area contributed by atoms with Crippen molar-refractivity contribution in [1.82, 2.24) is 4.98 Å². The average molecular weight is 298 g/mol. The van der Waals surface area contributed by atoms with Crippen molar-refractivity contribution in [3.8, 4) is 0 Å². The lowest BCUT2D eigenvalue weighted by Gasteiger charge is -2.11. The Morgan fingerprint density at radius 1 is 1.64 bits per heavy atom. The fraction of sp³-hybridized carbons (Fsp3) is 0.250. The van der Waals surface area contributed by atoms with Crippen molar-refractivity contribution in [1.29, 1.82) is 0 Å². The summed E-state index contributed by atoms with van der Waals surface area (Å²) in [4.78, 5) is 14.8. The van der Waals surface area contributed by atoms with Gasteiger partial charge in [-0.25, -0.2) is 4.98 Å². The Hall–Kier alpha value is -0.320. The SMILES string of the molecule is CC(C(N)=O)c1c(Br)cc(Cl)nc1Cl. The summed E-state index contributed by atoms with van der Waals surface area (Å²) in [5.41, 5.74) is 5.72. The Morgan fingerprint density at radius 2 is 2.21 bits per heavy atom. The van der Waals surface area contributed by atoms with E-state index >= 15 is 0 Å². The molecular formula is C8H7BrCl2N2O. The normalized spacial score (nSPS) is 12.6. The molecule has 0 saturated heterocycles. The minimum absolute atomic E-state index is 0.190. The third kappa shape index (κ3) is 2.38. The second-order valence-corrected chi connectivity index (χ2v) is 4.35. The summed E-state index contributed by atoms with van der Waals surface area (Å²) in [7, 11) is 0. The number of nitrogens with two attached hydrogens (primary N) is 1. The van der Waals surface area contributed by atoms with Gasteiger partial charge in [0.05, 0.1) is 5.92 Å². The molecule has 2 N–H and O–H groups in total. The third-order valence-electron chi connectivity index (χ3n) is 1.79. The van der Waals surface area contributed by atoms with Crippen molar-refractivity contribution in [2.75, 3.05) is 0 Å². The minimum atomic E-state index is -0.498. The molecule has 6 heteroatoms. The van der Waals surface area contributed by atoms with Crippen molar-refractivity contribution in [3.05, 3.63) is 26.4 Å². The zero-order valence-electron chi connectivity index (χ0n) is 7.22. The predicted octanol–water partition coefficient (Wildman–Crippen LogP) is 2.74. The molecule has 1 aromatic heterocycles. The number of carbonyl (C=O) groups is 1. The maximum atomic E-state index is 11.0. The molecule has 0 spiro atoms. The van der Waals surface area contributed by atoms with Crippen molar-refractivity contribution >= 4 is 45.0 Å². The number of hydrogen-bond acceptors (Lipinski definition) is 2. The van der Waals surface area contributed by atoms with E-state index in [0.717, 1.165) is 0 Å². The Morgan fingerprint density at radius 3 is 2.64 bits per heavy atom. The summed E-state index contributed by atoms with van der Waals surface area (Å²) in [6.07, 6.45) is 0. The first-order valence-corrected chi connectivity index (χ1v) is 5.29. The van der Waals surface area contributed by atoms with Crippen molar-refractivity contribution in [2.24, 2.45) is 5.73 Å². The molecule has 3 nitrogen and oxygen atoms in total. The van der Waals surface area contributed by atoms with Crippen LogP contribution in [0.3, 0.4) is 0 Å². The van der Waals surface area contributed by atoms with Gasteiger partial charge in [0.2, 0.25) is 5.91 Å². The maximum Gasteiger partial charge on any atom is 0.224 e. The third-order valence-corrected chi connectivity index (χ3v) is 2.93. The monoisotopic (exact) mass is 296 g/mol. The summed E-state index contributed by atoms with van der Waals surface area (Å²) in [5.74, 6) is -0.960. The van der Waals surface area contributed by atoms with Crippen LogP contribution in [0.25, 0.3) is 0 Å². The highest BCUT2D eigenvalue weighted by Crippen LogP contribution is 2.32. The van der Waals surface area contributed by atoms with Gasteiger partial charge in [0.25, 0.3) is 0 Å². The summed E-state index contributed by atoms with van der Waals surface area (Å²) in [6.45, 7) is 1.66. The van der Waals surface area contributed by atoms with Gasteiger partial charge in [-0.15, -0.1) is 0 Å². The molecule has 14 heavy (non-hydrogen) atoms. The fourth-order valence-electron chi connectivity index (χ4n) is 0.995. The summed E-state index contributed by atoms with van der Waals surface area (Å²) < 4.78 is 0.633. The molecule has 0 saturated carbocycles. The van der Waals surface area contributed by atoms with E-state index in [-0.39, 0.29) is 10.3 Å². The van der Waals surface area contributed by atoms with E-state index in [2.05, 4.69) is 20.9 Å². The van der Waals surface area contributed by atoms with E-state index in [1.165, 1.54) is 0 Å². The van der Waals surface area contributed by atoms with Crippen LogP contribution >= 0.6 is 39.1 Å². The molecule has 1 heterocycles. The van der Waals surface area contributed by atoms with Crippen LogP contribution in [0.1, 0.15) is 18.4 Å². The Labute approximate surface area is 99.7 Å². The van der Waals surface area contributed by atoms with Gasteiger partial charge in [-0.1, -0.05) is 39.1 Å². The molecule has 1 unspecified atom stereocenters. The number of nitrogens with zero attached hydrogens (tertiary/aromatic N) is 1. The first-order valence-electron chi connectivity index (χ1n) is 3.74. The smallest absolute Gasteiger partial charge is 0.224 e. The van der Waals surface area contributed by atoms with Crippen LogP contribution in [0, 0.1) is 0 Å². The first-order chi connectivity index (χ1) is 6.43. The summed E-state index contributed by atoms with van der Waals surface area (Å²) in [5, 5.41) is 0.456. The molecule has 0 aromatic carbocycles. The van der Waals surface area contributed by atoms with Gasteiger partial charge < -0.3 is 5.73 Å². The molecule has 0 aliphatic heterocycles. The van der Waals surface area contributed by atoms with Crippen LogP contribution in [0.4, 0.5) is 0 Å². The number of halogens is 3. The van der Waals surface area contributed by atoms with Gasteiger partial charge in [-0.2, -0.15) is 0 Å². The highest BCUT2D eigenvalue weighted by molar-refractivity contribution is 9.10. The van der Waals surface area contributed by atoms with E-state index in [9.17, 15) is 4.79 Å². The number of hydrogen-bond donors (Lipinski definition) is 1. The number of aromatic nitrogens is 1. The molecule has 1 rings (SSSR count). The Kier molecular flexibility index (Phi) is 3.75. The maximum absolute atomic E-state index is 11.0. The number of primary amides is 1. The molecule has 0 bridgehead atoms. The topological polar surface area (TPSA) is 56.0 Å². The van der Waals surface area contributed by atoms with E-state index in [1.54, 1.807) is 13.0 Å². The van der Waals surface area contributed by atoms with Crippen LogP contribution in [0.15, 0.2) is 10.5 Å². The fourth-order valence-corrected chi connectivity index (χ4v) is 2.58. The lowest BCUT2D eigenvalue weighted by molar-refractivity contribution is -0.119. The minimum Gasteiger partial charge on any atom is -0.369 e. The predicted molar refractivity (Wildman–Crippen MR) is 59.6 cm³/mol. The van der Waals surface area contributed by atoms with Gasteiger partial charge in [0.1, 0.15) is 10.3 Å². The first kappa shape index (κ1) is 11.8. The highest BCUT2D eigenvalue weighted by atomic mass is 79.9. The molecule has 1 aromatic rings. The van der Waals surface area contributed by atoms with E-state index in [1.807, 2.05) is 0 Å².